The average molecular weight is 710 g/mol. The van der Waals surface area contributed by atoms with Crippen molar-refractivity contribution in [2.75, 3.05) is 5.01 Å². The standard InChI is InChI=1S/C48H31N5S/c49-31-32-14-21-45-39(26-32)24-25-52(45)41-20-23-48-43(29-41)42-28-37(19-22-47(42)54-48)36-10-7-11-38(27-36)44-30-46(53(51-50-44)40-12-5-2-6-13-40)35-17-15-34(16-18-35)33-8-3-1-4-9-33/h1-30,51H. The lowest BCUT2D eigenvalue weighted by Gasteiger charge is -2.30. The summed E-state index contributed by atoms with van der Waals surface area (Å²) in [4.78, 5) is 0. The number of allylic oxidation sites excluding steroid dienone is 1. The van der Waals surface area contributed by atoms with Gasteiger partial charge < -0.3 is 4.57 Å². The zero-order chi connectivity index (χ0) is 36.0. The molecule has 0 amide bonds. The topological polar surface area (TPSA) is 56.4 Å². The predicted molar refractivity (Wildman–Crippen MR) is 225 cm³/mol. The number of hydrazine groups is 1. The van der Waals surface area contributed by atoms with Gasteiger partial charge in [-0.2, -0.15) is 10.4 Å². The van der Waals surface area contributed by atoms with Crippen LogP contribution in [0.4, 0.5) is 5.69 Å². The molecule has 0 aliphatic carbocycles. The smallest absolute Gasteiger partial charge is 0.0991 e. The number of hydrogen-bond acceptors (Lipinski definition) is 5. The molecule has 2 aromatic heterocycles. The minimum absolute atomic E-state index is 0.669. The molecule has 0 radical (unpaired) electrons. The van der Waals surface area contributed by atoms with E-state index in [0.29, 0.717) is 5.56 Å². The Morgan fingerprint density at radius 1 is 0.537 bits per heavy atom. The quantitative estimate of drug-likeness (QED) is 0.187. The first-order valence-electron chi connectivity index (χ1n) is 17.8. The van der Waals surface area contributed by atoms with E-state index >= 15 is 0 Å². The minimum atomic E-state index is 0.669. The lowest BCUT2D eigenvalue weighted by Crippen LogP contribution is -2.37. The zero-order valence-electron chi connectivity index (χ0n) is 29.0. The summed E-state index contributed by atoms with van der Waals surface area (Å²) in [6, 6.07) is 61.7. The molecule has 6 heteroatoms. The van der Waals surface area contributed by atoms with Gasteiger partial charge in [0, 0.05) is 48.6 Å². The summed E-state index contributed by atoms with van der Waals surface area (Å²) in [6.07, 6.45) is 4.25. The number of rotatable bonds is 6. The molecule has 0 unspecified atom stereocenters. The molecule has 3 heterocycles. The third kappa shape index (κ3) is 5.61. The van der Waals surface area contributed by atoms with E-state index in [2.05, 4.69) is 156 Å². The number of fused-ring (bicyclic) bond motifs is 4. The molecule has 10 rings (SSSR count). The van der Waals surface area contributed by atoms with E-state index < -0.39 is 0 Å². The van der Waals surface area contributed by atoms with Gasteiger partial charge in [0.1, 0.15) is 0 Å². The summed E-state index contributed by atoms with van der Waals surface area (Å²) in [6.45, 7) is 0. The summed E-state index contributed by atoms with van der Waals surface area (Å²) < 4.78 is 4.71. The van der Waals surface area contributed by atoms with Gasteiger partial charge in [0.25, 0.3) is 0 Å². The number of aromatic nitrogens is 1. The van der Waals surface area contributed by atoms with E-state index in [9.17, 15) is 5.26 Å². The molecule has 0 atom stereocenters. The largest absolute Gasteiger partial charge is 0.317 e. The van der Waals surface area contributed by atoms with Crippen LogP contribution in [0.2, 0.25) is 0 Å². The normalized spacial score (nSPS) is 12.8. The Morgan fingerprint density at radius 3 is 2.02 bits per heavy atom. The van der Waals surface area contributed by atoms with Gasteiger partial charge in [-0.3, -0.25) is 0 Å². The van der Waals surface area contributed by atoms with Crippen LogP contribution in [0.1, 0.15) is 16.7 Å². The maximum atomic E-state index is 9.37. The molecular formula is C48H31N5S. The number of nitriles is 1. The second kappa shape index (κ2) is 13.1. The molecule has 0 saturated heterocycles. The van der Waals surface area contributed by atoms with Crippen LogP contribution in [-0.4, -0.2) is 10.3 Å². The first-order valence-corrected chi connectivity index (χ1v) is 18.6. The number of anilines is 1. The van der Waals surface area contributed by atoms with E-state index in [4.69, 9.17) is 5.10 Å². The van der Waals surface area contributed by atoms with Crippen molar-refractivity contribution < 1.29 is 0 Å². The molecular weight excluding hydrogens is 679 g/mol. The fraction of sp³-hybridized carbons (Fsp3) is 0. The van der Waals surface area contributed by atoms with Crippen molar-refractivity contribution in [3.63, 3.8) is 0 Å². The van der Waals surface area contributed by atoms with Crippen molar-refractivity contribution in [2.45, 2.75) is 0 Å². The Balaban J connectivity index is 1.01. The minimum Gasteiger partial charge on any atom is -0.317 e. The molecule has 1 N–H and O–H groups in total. The Hall–Kier alpha value is -7.20. The van der Waals surface area contributed by atoms with E-state index in [1.807, 2.05) is 58.8 Å². The maximum Gasteiger partial charge on any atom is 0.0991 e. The fourth-order valence-electron chi connectivity index (χ4n) is 7.37. The molecule has 7 aromatic carbocycles. The van der Waals surface area contributed by atoms with Gasteiger partial charge in [-0.25, -0.2) is 10.5 Å². The first-order chi connectivity index (χ1) is 26.7. The van der Waals surface area contributed by atoms with Crippen LogP contribution in [-0.2, 0) is 0 Å². The van der Waals surface area contributed by atoms with E-state index in [1.54, 1.807) is 0 Å². The Labute approximate surface area is 316 Å². The Bertz CT molecular complexity index is 2970. The molecule has 0 bridgehead atoms. The third-order valence-corrected chi connectivity index (χ3v) is 11.3. The molecule has 0 spiro atoms. The van der Waals surface area contributed by atoms with Crippen molar-refractivity contribution in [3.8, 4) is 34.0 Å². The highest BCUT2D eigenvalue weighted by Gasteiger charge is 2.20. The summed E-state index contributed by atoms with van der Waals surface area (Å²) in [5, 5.41) is 19.8. The summed E-state index contributed by atoms with van der Waals surface area (Å²) in [7, 11) is 0. The van der Waals surface area contributed by atoms with Crippen molar-refractivity contribution in [1.82, 2.24) is 10.1 Å². The highest BCUT2D eigenvalue weighted by atomic mass is 32.1. The highest BCUT2D eigenvalue weighted by molar-refractivity contribution is 7.25. The van der Waals surface area contributed by atoms with E-state index in [1.165, 1.54) is 31.3 Å². The van der Waals surface area contributed by atoms with Crippen LogP contribution in [0.5, 0.6) is 0 Å². The Morgan fingerprint density at radius 2 is 1.20 bits per heavy atom. The summed E-state index contributed by atoms with van der Waals surface area (Å²) in [5.41, 5.74) is 15.8. The number of hydrazone groups is 1. The average Bonchev–Trinajstić information content (AvgIpc) is 3.85. The fourth-order valence-corrected chi connectivity index (χ4v) is 8.44. The predicted octanol–water partition coefficient (Wildman–Crippen LogP) is 12.0. The van der Waals surface area contributed by atoms with Gasteiger partial charge in [-0.1, -0.05) is 97.1 Å². The van der Waals surface area contributed by atoms with Crippen molar-refractivity contribution in [1.29, 1.82) is 5.26 Å². The van der Waals surface area contributed by atoms with Gasteiger partial charge in [-0.15, -0.1) is 11.3 Å². The summed E-state index contributed by atoms with van der Waals surface area (Å²) >= 11 is 1.82. The first kappa shape index (κ1) is 31.5. The second-order valence-corrected chi connectivity index (χ2v) is 14.5. The molecule has 0 saturated carbocycles. The lowest BCUT2D eigenvalue weighted by molar-refractivity contribution is 0.758. The van der Waals surface area contributed by atoms with Gasteiger partial charge in [0.15, 0.2) is 0 Å². The monoisotopic (exact) mass is 709 g/mol. The molecule has 254 valence electrons. The lowest BCUT2D eigenvalue weighted by atomic mass is 9.97. The molecule has 0 fully saturated rings. The Kier molecular flexibility index (Phi) is 7.64. The van der Waals surface area contributed by atoms with Crippen LogP contribution in [0.25, 0.3) is 64.7 Å². The highest BCUT2D eigenvalue weighted by Crippen LogP contribution is 2.38. The maximum absolute atomic E-state index is 9.37. The third-order valence-electron chi connectivity index (χ3n) is 10.1. The number of hydrogen-bond donors (Lipinski definition) is 1. The van der Waals surface area contributed by atoms with E-state index in [0.717, 1.165) is 55.9 Å². The number of nitrogens with one attached hydrogen (secondary N) is 1. The van der Waals surface area contributed by atoms with Crippen LogP contribution < -0.4 is 10.5 Å². The number of benzene rings is 7. The van der Waals surface area contributed by atoms with Gasteiger partial charge in [0.05, 0.1) is 34.2 Å². The SMILES string of the molecule is N#Cc1ccc2c(ccn2-c2ccc3sc4ccc(-c5cccc(C6=NNN(c7ccccc7)C(c7ccc(-c8ccccc8)cc7)=C6)c5)cc4c3c2)c1. The van der Waals surface area contributed by atoms with Gasteiger partial charge >= 0.3 is 0 Å². The van der Waals surface area contributed by atoms with Crippen LogP contribution in [0.3, 0.4) is 0 Å². The van der Waals surface area contributed by atoms with Gasteiger partial charge in [-0.05, 0) is 101 Å². The van der Waals surface area contributed by atoms with E-state index in [-0.39, 0.29) is 0 Å². The number of nitrogens with zero attached hydrogens (tertiary/aromatic N) is 4. The van der Waals surface area contributed by atoms with Crippen molar-refractivity contribution >= 4 is 59.5 Å². The zero-order valence-corrected chi connectivity index (χ0v) is 29.8. The van der Waals surface area contributed by atoms with Crippen LogP contribution >= 0.6 is 11.3 Å². The van der Waals surface area contributed by atoms with Crippen LogP contribution in [0.15, 0.2) is 187 Å². The van der Waals surface area contributed by atoms with Crippen LogP contribution in [0, 0.1) is 11.3 Å². The summed E-state index contributed by atoms with van der Waals surface area (Å²) in [5.74, 6) is 0. The molecule has 9 aromatic rings. The van der Waals surface area contributed by atoms with Gasteiger partial charge in [0.2, 0.25) is 0 Å². The van der Waals surface area contributed by atoms with Crippen molar-refractivity contribution in [2.24, 2.45) is 5.10 Å². The molecule has 1 aliphatic rings. The second-order valence-electron chi connectivity index (χ2n) is 13.4. The number of para-hydroxylation sites is 1. The molecule has 1 aliphatic heterocycles. The molecule has 54 heavy (non-hydrogen) atoms. The number of thiophene rings is 1. The molecule has 5 nitrogen and oxygen atoms in total. The van der Waals surface area contributed by atoms with Crippen molar-refractivity contribution in [3.05, 3.63) is 199 Å².